The molecule has 0 saturated carbocycles. The molecule has 260 valence electrons. The number of fused-ring (bicyclic) bond motifs is 2. The van der Waals surface area contributed by atoms with Crippen LogP contribution in [0.5, 0.6) is 0 Å². The number of hydrogen-bond acceptors (Lipinski definition) is 3. The topological polar surface area (TPSA) is 38.7 Å². The summed E-state index contributed by atoms with van der Waals surface area (Å²) in [5.41, 5.74) is 12.4. The Kier molecular flexibility index (Phi) is 9.17. The van der Waals surface area contributed by atoms with Gasteiger partial charge in [-0.05, 0) is 91.4 Å². The van der Waals surface area contributed by atoms with Gasteiger partial charge in [-0.2, -0.15) is 0 Å². The summed E-state index contributed by atoms with van der Waals surface area (Å²) in [7, 11) is 0. The fourth-order valence-corrected chi connectivity index (χ4v) is 7.44. The number of aromatic nitrogens is 3. The standard InChI is InChI=1S/C52H37N3/c1-36-15-4-2-7-25-46(41-29-28-37-16-8-9-19-39(37)31-41)47-26-10-11-27-48(47)51(36)43-22-13-23-44(33-43)52-54-49(38-17-5-3-6-18-38)34-50(55-52)42-21-12-20-40(32-42)45-24-14-30-53-35-45/h2-24,26-35H,1,25H2/b7-2-,15-4-,47-46+,51-48?. The fraction of sp³-hybridized carbons (Fsp3) is 0.0192. The van der Waals surface area contributed by atoms with Crippen molar-refractivity contribution in [2.24, 2.45) is 0 Å². The second kappa shape index (κ2) is 15.0. The van der Waals surface area contributed by atoms with E-state index in [4.69, 9.17) is 9.97 Å². The van der Waals surface area contributed by atoms with Crippen molar-refractivity contribution in [3.05, 3.63) is 234 Å². The predicted octanol–water partition coefficient (Wildman–Crippen LogP) is 11.2. The van der Waals surface area contributed by atoms with E-state index in [2.05, 4.69) is 175 Å². The van der Waals surface area contributed by atoms with E-state index < -0.39 is 0 Å². The van der Waals surface area contributed by atoms with Gasteiger partial charge in [-0.1, -0.05) is 164 Å². The quantitative estimate of drug-likeness (QED) is 0.173. The van der Waals surface area contributed by atoms with Crippen molar-refractivity contribution >= 4 is 21.9 Å². The second-order valence-corrected chi connectivity index (χ2v) is 13.7. The molecular weight excluding hydrogens is 667 g/mol. The van der Waals surface area contributed by atoms with Crippen LogP contribution in [0, 0.1) is 0 Å². The first-order valence-corrected chi connectivity index (χ1v) is 18.6. The van der Waals surface area contributed by atoms with E-state index in [1.54, 1.807) is 6.20 Å². The molecule has 0 unspecified atom stereocenters. The molecule has 9 rings (SSSR count). The summed E-state index contributed by atoms with van der Waals surface area (Å²) in [5.74, 6) is 0.659. The van der Waals surface area contributed by atoms with Gasteiger partial charge in [0, 0.05) is 34.6 Å². The largest absolute Gasteiger partial charge is 0.264 e. The first-order valence-electron chi connectivity index (χ1n) is 18.6. The number of nitrogens with zero attached hydrogens (tertiary/aromatic N) is 3. The maximum Gasteiger partial charge on any atom is 0.160 e. The summed E-state index contributed by atoms with van der Waals surface area (Å²) in [4.78, 5) is 14.8. The molecule has 0 aliphatic heterocycles. The highest BCUT2D eigenvalue weighted by Crippen LogP contribution is 2.32. The second-order valence-electron chi connectivity index (χ2n) is 13.7. The van der Waals surface area contributed by atoms with Crippen LogP contribution in [0.25, 0.3) is 66.9 Å². The molecule has 0 spiro atoms. The molecule has 0 N–H and O–H groups in total. The summed E-state index contributed by atoms with van der Waals surface area (Å²) in [6.45, 7) is 4.62. The van der Waals surface area contributed by atoms with E-state index in [9.17, 15) is 0 Å². The minimum atomic E-state index is 0.659. The summed E-state index contributed by atoms with van der Waals surface area (Å²) in [6.07, 6.45) is 13.0. The lowest BCUT2D eigenvalue weighted by molar-refractivity contribution is 1.18. The minimum Gasteiger partial charge on any atom is -0.264 e. The lowest BCUT2D eigenvalue weighted by atomic mass is 9.90. The SMILES string of the molecule is C=C1/C=C\C=C/C/C(c2ccc3ccccc3c2)=c2/ccccc2=C1c1cccc(-c2nc(-c3ccccc3)cc(-c3cccc(-c4cccnc4)c3)n2)c1. The summed E-state index contributed by atoms with van der Waals surface area (Å²) in [6, 6.07) is 57.6. The third-order valence-corrected chi connectivity index (χ3v) is 10.2. The summed E-state index contributed by atoms with van der Waals surface area (Å²) in [5, 5.41) is 4.80. The number of benzene rings is 6. The summed E-state index contributed by atoms with van der Waals surface area (Å²) >= 11 is 0. The first-order chi connectivity index (χ1) is 27.2. The van der Waals surface area contributed by atoms with Crippen molar-refractivity contribution in [1.82, 2.24) is 15.0 Å². The van der Waals surface area contributed by atoms with E-state index in [-0.39, 0.29) is 0 Å². The highest BCUT2D eigenvalue weighted by molar-refractivity contribution is 5.88. The van der Waals surface area contributed by atoms with Crippen LogP contribution in [0.15, 0.2) is 213 Å². The molecule has 3 heteroatoms. The molecule has 1 aliphatic rings. The van der Waals surface area contributed by atoms with Gasteiger partial charge in [-0.15, -0.1) is 0 Å². The molecule has 0 atom stereocenters. The van der Waals surface area contributed by atoms with Crippen LogP contribution in [0.1, 0.15) is 17.5 Å². The normalized spacial score (nSPS) is 15.0. The van der Waals surface area contributed by atoms with Gasteiger partial charge in [0.05, 0.1) is 11.4 Å². The lowest BCUT2D eigenvalue weighted by Crippen LogP contribution is -2.30. The first kappa shape index (κ1) is 33.6. The molecule has 3 nitrogen and oxygen atoms in total. The molecule has 55 heavy (non-hydrogen) atoms. The van der Waals surface area contributed by atoms with Crippen LogP contribution >= 0.6 is 0 Å². The molecule has 8 aromatic rings. The van der Waals surface area contributed by atoms with Gasteiger partial charge >= 0.3 is 0 Å². The van der Waals surface area contributed by atoms with Crippen LogP contribution in [0.3, 0.4) is 0 Å². The average molecular weight is 704 g/mol. The van der Waals surface area contributed by atoms with Crippen molar-refractivity contribution in [3.8, 4) is 45.0 Å². The van der Waals surface area contributed by atoms with Crippen LogP contribution in [-0.2, 0) is 0 Å². The number of hydrogen-bond donors (Lipinski definition) is 0. The van der Waals surface area contributed by atoms with Crippen LogP contribution in [0.4, 0.5) is 0 Å². The number of pyridine rings is 1. The van der Waals surface area contributed by atoms with Gasteiger partial charge < -0.3 is 0 Å². The zero-order valence-corrected chi connectivity index (χ0v) is 30.3. The molecule has 0 saturated heterocycles. The van der Waals surface area contributed by atoms with Gasteiger partial charge in [-0.25, -0.2) is 9.97 Å². The maximum atomic E-state index is 5.24. The Morgan fingerprint density at radius 2 is 1.13 bits per heavy atom. The van der Waals surface area contributed by atoms with E-state index in [1.165, 1.54) is 27.1 Å². The molecule has 6 aromatic carbocycles. The molecular formula is C52H37N3. The van der Waals surface area contributed by atoms with Gasteiger partial charge in [0.25, 0.3) is 0 Å². The zero-order chi connectivity index (χ0) is 37.0. The highest BCUT2D eigenvalue weighted by Gasteiger charge is 2.15. The maximum absolute atomic E-state index is 5.24. The van der Waals surface area contributed by atoms with Crippen molar-refractivity contribution in [3.63, 3.8) is 0 Å². The van der Waals surface area contributed by atoms with Crippen LogP contribution in [-0.4, -0.2) is 15.0 Å². The van der Waals surface area contributed by atoms with Crippen molar-refractivity contribution in [2.75, 3.05) is 0 Å². The molecule has 0 fully saturated rings. The molecule has 0 amide bonds. The van der Waals surface area contributed by atoms with Crippen LogP contribution < -0.4 is 10.4 Å². The molecule has 1 aliphatic carbocycles. The van der Waals surface area contributed by atoms with Gasteiger partial charge in [0.2, 0.25) is 0 Å². The monoisotopic (exact) mass is 703 g/mol. The average Bonchev–Trinajstić information content (AvgIpc) is 3.26. The highest BCUT2D eigenvalue weighted by atomic mass is 14.9. The van der Waals surface area contributed by atoms with E-state index >= 15 is 0 Å². The Morgan fingerprint density at radius 3 is 1.96 bits per heavy atom. The Morgan fingerprint density at radius 1 is 0.455 bits per heavy atom. The minimum absolute atomic E-state index is 0.659. The van der Waals surface area contributed by atoms with Crippen molar-refractivity contribution < 1.29 is 0 Å². The molecule has 0 radical (unpaired) electrons. The van der Waals surface area contributed by atoms with Gasteiger partial charge in [-0.3, -0.25) is 4.98 Å². The van der Waals surface area contributed by atoms with E-state index in [0.717, 1.165) is 67.6 Å². The summed E-state index contributed by atoms with van der Waals surface area (Å²) < 4.78 is 0. The van der Waals surface area contributed by atoms with E-state index in [0.29, 0.717) is 5.82 Å². The molecule has 0 bridgehead atoms. The van der Waals surface area contributed by atoms with Crippen LogP contribution in [0.2, 0.25) is 0 Å². The third-order valence-electron chi connectivity index (χ3n) is 10.2. The number of allylic oxidation sites excluding steroid dienone is 5. The predicted molar refractivity (Wildman–Crippen MR) is 228 cm³/mol. The Bertz CT molecular complexity index is 2900. The van der Waals surface area contributed by atoms with Crippen molar-refractivity contribution in [1.29, 1.82) is 0 Å². The number of rotatable bonds is 6. The molecule has 2 heterocycles. The third kappa shape index (κ3) is 6.99. The lowest BCUT2D eigenvalue weighted by Gasteiger charge is -2.15. The smallest absolute Gasteiger partial charge is 0.160 e. The van der Waals surface area contributed by atoms with Gasteiger partial charge in [0.15, 0.2) is 5.82 Å². The van der Waals surface area contributed by atoms with Crippen molar-refractivity contribution in [2.45, 2.75) is 6.42 Å². The van der Waals surface area contributed by atoms with E-state index in [1.807, 2.05) is 30.5 Å². The van der Waals surface area contributed by atoms with Gasteiger partial charge in [0.1, 0.15) is 0 Å². The fourth-order valence-electron chi connectivity index (χ4n) is 7.44. The Balaban J connectivity index is 1.24. The Hall–Kier alpha value is -7.23. The Labute approximate surface area is 321 Å². The molecule has 2 aromatic heterocycles. The zero-order valence-electron chi connectivity index (χ0n) is 30.3.